The minimum atomic E-state index is -0.529. The second kappa shape index (κ2) is 2.34. The van der Waals surface area contributed by atoms with Gasteiger partial charge >= 0.3 is 5.97 Å². The quantitative estimate of drug-likeness (QED) is 0.482. The molecule has 0 amide bonds. The number of rotatable bonds is 1. The van der Waals surface area contributed by atoms with Crippen molar-refractivity contribution in [3.63, 3.8) is 0 Å². The van der Waals surface area contributed by atoms with E-state index in [1.807, 2.05) is 0 Å². The van der Waals surface area contributed by atoms with E-state index in [0.717, 1.165) is 12.0 Å². The smallest absolute Gasteiger partial charge is 0.313 e. The number of hydrogen-bond donors (Lipinski definition) is 0. The first-order valence-corrected chi connectivity index (χ1v) is 5.35. The van der Waals surface area contributed by atoms with Crippen molar-refractivity contribution in [3.8, 4) is 0 Å². The van der Waals surface area contributed by atoms with E-state index in [4.69, 9.17) is 4.74 Å². The molecule has 0 N–H and O–H groups in total. The predicted molar refractivity (Wildman–Crippen MR) is 53.0 cm³/mol. The Morgan fingerprint density at radius 1 is 1.53 bits per heavy atom. The molecule has 0 heterocycles. The first-order chi connectivity index (χ1) is 7.07. The number of Topliss-reactive ketones (excluding diaryl/α,β-unsaturated/α-hetero) is 1. The summed E-state index contributed by atoms with van der Waals surface area (Å²) in [5.74, 6) is 0.469. The van der Waals surface area contributed by atoms with E-state index < -0.39 is 10.8 Å². The second-order valence-corrected chi connectivity index (χ2v) is 5.18. The lowest BCUT2D eigenvalue weighted by molar-refractivity contribution is -0.212. The van der Waals surface area contributed by atoms with Crippen molar-refractivity contribution in [2.24, 2.45) is 16.7 Å². The third-order valence-corrected chi connectivity index (χ3v) is 4.73. The summed E-state index contributed by atoms with van der Waals surface area (Å²) in [5.41, 5.74) is 0.117. The minimum Gasteiger partial charge on any atom is -0.469 e. The van der Waals surface area contributed by atoms with Gasteiger partial charge in [0, 0.05) is 6.42 Å². The number of hydrogen-bond acceptors (Lipinski definition) is 3. The van der Waals surface area contributed by atoms with Crippen molar-refractivity contribution in [2.75, 3.05) is 7.11 Å². The number of ketones is 1. The topological polar surface area (TPSA) is 43.4 Å². The number of allylic oxidation sites excluding steroid dienone is 1. The van der Waals surface area contributed by atoms with E-state index in [0.29, 0.717) is 25.2 Å². The van der Waals surface area contributed by atoms with Crippen LogP contribution in [-0.4, -0.2) is 18.9 Å². The Balaban J connectivity index is 2.06. The Morgan fingerprint density at radius 3 is 2.80 bits per heavy atom. The summed E-state index contributed by atoms with van der Waals surface area (Å²) >= 11 is 0. The van der Waals surface area contributed by atoms with Crippen molar-refractivity contribution < 1.29 is 14.3 Å². The monoisotopic (exact) mass is 206 g/mol. The highest BCUT2D eigenvalue weighted by atomic mass is 16.5. The molecular weight excluding hydrogens is 192 g/mol. The van der Waals surface area contributed by atoms with Gasteiger partial charge in [0.25, 0.3) is 0 Å². The van der Waals surface area contributed by atoms with E-state index in [9.17, 15) is 9.59 Å². The van der Waals surface area contributed by atoms with E-state index in [1.54, 1.807) is 0 Å². The fourth-order valence-electron chi connectivity index (χ4n) is 4.11. The molecule has 0 bridgehead atoms. The summed E-state index contributed by atoms with van der Waals surface area (Å²) < 4.78 is 4.87. The van der Waals surface area contributed by atoms with E-state index >= 15 is 0 Å². The van der Waals surface area contributed by atoms with Crippen molar-refractivity contribution in [3.05, 3.63) is 12.2 Å². The van der Waals surface area contributed by atoms with Gasteiger partial charge in [0.15, 0.2) is 0 Å². The highest BCUT2D eigenvalue weighted by Crippen LogP contribution is 2.77. The van der Waals surface area contributed by atoms with Crippen molar-refractivity contribution >= 4 is 11.8 Å². The van der Waals surface area contributed by atoms with Crippen molar-refractivity contribution in [2.45, 2.75) is 25.7 Å². The van der Waals surface area contributed by atoms with Crippen LogP contribution in [0.4, 0.5) is 0 Å². The third kappa shape index (κ3) is 0.694. The van der Waals surface area contributed by atoms with Crippen LogP contribution >= 0.6 is 0 Å². The molecule has 1 spiro atoms. The van der Waals surface area contributed by atoms with Gasteiger partial charge in [-0.3, -0.25) is 9.59 Å². The van der Waals surface area contributed by atoms with Gasteiger partial charge < -0.3 is 4.74 Å². The zero-order chi connectivity index (χ0) is 10.8. The molecule has 0 aliphatic heterocycles. The summed E-state index contributed by atoms with van der Waals surface area (Å²) in [6.07, 6.45) is 2.85. The normalized spacial score (nSPS) is 46.3. The molecule has 0 saturated heterocycles. The van der Waals surface area contributed by atoms with E-state index in [-0.39, 0.29) is 11.8 Å². The summed E-state index contributed by atoms with van der Waals surface area (Å²) in [4.78, 5) is 23.7. The molecular formula is C12H14O3. The van der Waals surface area contributed by atoms with Gasteiger partial charge in [-0.15, -0.1) is 0 Å². The summed E-state index contributed by atoms with van der Waals surface area (Å²) in [6.45, 7) is 3.94. The molecule has 80 valence electrons. The maximum atomic E-state index is 11.9. The standard InChI is InChI=1S/C12H14O3/c1-7-4-11(10(14)15-2)6-8-3-9(13)12(8,11)5-7/h8H,1,3-6H2,2H3/t8?,11?,12-/m1/s1. The van der Waals surface area contributed by atoms with Crippen LogP contribution in [0.1, 0.15) is 25.7 Å². The molecule has 15 heavy (non-hydrogen) atoms. The Hall–Kier alpha value is -1.12. The van der Waals surface area contributed by atoms with Crippen LogP contribution in [0.5, 0.6) is 0 Å². The first-order valence-electron chi connectivity index (χ1n) is 5.35. The SMILES string of the molecule is C=C1CC2(C(=O)OC)CC3CC(=O)[C@@]32C1. The maximum Gasteiger partial charge on any atom is 0.313 e. The van der Waals surface area contributed by atoms with Gasteiger partial charge in [-0.1, -0.05) is 12.2 Å². The van der Waals surface area contributed by atoms with Crippen LogP contribution in [0.2, 0.25) is 0 Å². The fourth-order valence-corrected chi connectivity index (χ4v) is 4.11. The molecule has 3 aliphatic rings. The number of methoxy groups -OCH3 is 1. The molecule has 0 aromatic heterocycles. The van der Waals surface area contributed by atoms with Gasteiger partial charge in [0.05, 0.1) is 17.9 Å². The Bertz CT molecular complexity index is 398. The van der Waals surface area contributed by atoms with Crippen LogP contribution in [0.15, 0.2) is 12.2 Å². The molecule has 3 aliphatic carbocycles. The largest absolute Gasteiger partial charge is 0.469 e. The molecule has 0 aromatic rings. The van der Waals surface area contributed by atoms with Crippen molar-refractivity contribution in [1.82, 2.24) is 0 Å². The average Bonchev–Trinajstić information content (AvgIpc) is 2.49. The molecule has 3 nitrogen and oxygen atoms in total. The number of ether oxygens (including phenoxy) is 1. The van der Waals surface area contributed by atoms with Gasteiger partial charge in [-0.25, -0.2) is 0 Å². The zero-order valence-corrected chi connectivity index (χ0v) is 8.84. The molecule has 3 rings (SSSR count). The minimum absolute atomic E-state index is 0.203. The number of esters is 1. The van der Waals surface area contributed by atoms with Gasteiger partial charge in [0.1, 0.15) is 5.78 Å². The van der Waals surface area contributed by atoms with Crippen LogP contribution < -0.4 is 0 Å². The molecule has 3 saturated carbocycles. The molecule has 2 unspecified atom stereocenters. The predicted octanol–water partition coefficient (Wildman–Crippen LogP) is 1.47. The van der Waals surface area contributed by atoms with Crippen LogP contribution in [0.25, 0.3) is 0 Å². The highest BCUT2D eigenvalue weighted by molar-refractivity contribution is 6.02. The Morgan fingerprint density at radius 2 is 2.27 bits per heavy atom. The van der Waals surface area contributed by atoms with Crippen molar-refractivity contribution in [1.29, 1.82) is 0 Å². The second-order valence-electron chi connectivity index (χ2n) is 5.18. The lowest BCUT2D eigenvalue weighted by atomic mass is 9.35. The van der Waals surface area contributed by atoms with Crippen LogP contribution in [0, 0.1) is 16.7 Å². The molecule has 3 fully saturated rings. The van der Waals surface area contributed by atoms with Crippen LogP contribution in [-0.2, 0) is 14.3 Å². The summed E-state index contributed by atoms with van der Waals surface area (Å²) in [6, 6.07) is 0. The maximum absolute atomic E-state index is 11.9. The number of carbonyl (C=O) groups is 2. The molecule has 3 heteroatoms. The Kier molecular flexibility index (Phi) is 1.42. The van der Waals surface area contributed by atoms with Gasteiger partial charge in [-0.2, -0.15) is 0 Å². The van der Waals surface area contributed by atoms with Gasteiger partial charge in [-0.05, 0) is 25.2 Å². The first kappa shape index (κ1) is 9.13. The summed E-state index contributed by atoms with van der Waals surface area (Å²) in [5, 5.41) is 0. The lowest BCUT2D eigenvalue weighted by Gasteiger charge is -2.64. The van der Waals surface area contributed by atoms with E-state index in [1.165, 1.54) is 7.11 Å². The molecule has 3 atom stereocenters. The van der Waals surface area contributed by atoms with E-state index in [2.05, 4.69) is 6.58 Å². The molecule has 0 radical (unpaired) electrons. The zero-order valence-electron chi connectivity index (χ0n) is 8.84. The Labute approximate surface area is 88.5 Å². The molecule has 0 aromatic carbocycles. The summed E-state index contributed by atoms with van der Waals surface area (Å²) in [7, 11) is 1.41. The van der Waals surface area contributed by atoms with Crippen LogP contribution in [0.3, 0.4) is 0 Å². The fraction of sp³-hybridized carbons (Fsp3) is 0.667. The van der Waals surface area contributed by atoms with Gasteiger partial charge in [0.2, 0.25) is 0 Å². The number of carbonyl (C=O) groups excluding carboxylic acids is 2. The lowest BCUT2D eigenvalue weighted by Crippen LogP contribution is -2.70. The third-order valence-electron chi connectivity index (χ3n) is 4.73. The average molecular weight is 206 g/mol. The highest BCUT2D eigenvalue weighted by Gasteiger charge is 2.80.